The molecule has 0 aliphatic carbocycles. The summed E-state index contributed by atoms with van der Waals surface area (Å²) in [7, 11) is 3.08. The van der Waals surface area contributed by atoms with Crippen LogP contribution in [0.1, 0.15) is 16.8 Å². The van der Waals surface area contributed by atoms with Crippen LogP contribution in [0.15, 0.2) is 36.4 Å². The molecular weight excluding hydrogens is 425 g/mol. The van der Waals surface area contributed by atoms with Gasteiger partial charge in [-0.05, 0) is 30.3 Å². The SMILES string of the molecule is COc1cc(OC)cc(C(=O)N2CCN(CCC(=O)Nc3ccc(Cl)cc3F)CC2)c1. The Balaban J connectivity index is 1.48. The van der Waals surface area contributed by atoms with Gasteiger partial charge in [0.2, 0.25) is 5.91 Å². The molecule has 31 heavy (non-hydrogen) atoms. The lowest BCUT2D eigenvalue weighted by Gasteiger charge is -2.34. The van der Waals surface area contributed by atoms with Crippen LogP contribution in [0.4, 0.5) is 10.1 Å². The molecule has 1 fully saturated rings. The number of hydrogen-bond donors (Lipinski definition) is 1. The van der Waals surface area contributed by atoms with Gasteiger partial charge >= 0.3 is 0 Å². The minimum absolute atomic E-state index is 0.0900. The van der Waals surface area contributed by atoms with Crippen molar-refractivity contribution in [2.45, 2.75) is 6.42 Å². The van der Waals surface area contributed by atoms with E-state index in [2.05, 4.69) is 10.2 Å². The molecular formula is C22H25ClFN3O4. The van der Waals surface area contributed by atoms with Crippen LogP contribution in [0, 0.1) is 5.82 Å². The molecule has 1 aliphatic heterocycles. The van der Waals surface area contributed by atoms with E-state index in [-0.39, 0.29) is 28.9 Å². The molecule has 0 unspecified atom stereocenters. The van der Waals surface area contributed by atoms with Crippen molar-refractivity contribution in [2.24, 2.45) is 0 Å². The number of nitrogens with zero attached hydrogens (tertiary/aromatic N) is 2. The minimum atomic E-state index is -0.567. The maximum atomic E-state index is 13.8. The van der Waals surface area contributed by atoms with Gasteiger partial charge in [-0.1, -0.05) is 11.6 Å². The summed E-state index contributed by atoms with van der Waals surface area (Å²) in [4.78, 5) is 28.9. The van der Waals surface area contributed by atoms with Gasteiger partial charge in [0.05, 0.1) is 19.9 Å². The predicted octanol–water partition coefficient (Wildman–Crippen LogP) is 3.28. The molecule has 2 amide bonds. The summed E-state index contributed by atoms with van der Waals surface area (Å²) in [5.74, 6) is 0.187. The first-order valence-corrected chi connectivity index (χ1v) is 10.3. The quantitative estimate of drug-likeness (QED) is 0.702. The third-order valence-corrected chi connectivity index (χ3v) is 5.35. The van der Waals surface area contributed by atoms with Gasteiger partial charge < -0.3 is 19.7 Å². The molecule has 0 atom stereocenters. The largest absolute Gasteiger partial charge is 0.497 e. The Morgan fingerprint density at radius 1 is 1.03 bits per heavy atom. The van der Waals surface area contributed by atoms with Gasteiger partial charge in [0.25, 0.3) is 5.91 Å². The normalized spacial score (nSPS) is 14.3. The van der Waals surface area contributed by atoms with Gasteiger partial charge in [0.1, 0.15) is 17.3 Å². The second-order valence-electron chi connectivity index (χ2n) is 7.16. The molecule has 2 aromatic rings. The van der Waals surface area contributed by atoms with Crippen molar-refractivity contribution >= 4 is 29.1 Å². The van der Waals surface area contributed by atoms with E-state index < -0.39 is 5.82 Å². The lowest BCUT2D eigenvalue weighted by molar-refractivity contribution is -0.116. The maximum absolute atomic E-state index is 13.8. The Morgan fingerprint density at radius 3 is 2.26 bits per heavy atom. The Bertz CT molecular complexity index is 926. The van der Waals surface area contributed by atoms with Gasteiger partial charge in [-0.3, -0.25) is 14.5 Å². The first-order valence-electron chi connectivity index (χ1n) is 9.89. The van der Waals surface area contributed by atoms with E-state index in [0.717, 1.165) is 6.07 Å². The number of nitrogens with one attached hydrogen (secondary N) is 1. The van der Waals surface area contributed by atoms with Crippen molar-refractivity contribution in [2.75, 3.05) is 52.3 Å². The molecule has 9 heteroatoms. The molecule has 2 aromatic carbocycles. The first kappa shape index (κ1) is 22.8. The first-order chi connectivity index (χ1) is 14.9. The predicted molar refractivity (Wildman–Crippen MR) is 117 cm³/mol. The number of hydrogen-bond acceptors (Lipinski definition) is 5. The standard InChI is InChI=1S/C22H25ClFN3O4/c1-30-17-11-15(12-18(14-17)31-2)22(29)27-9-7-26(8-10-27)6-5-21(28)25-20-4-3-16(23)13-19(20)24/h3-4,11-14H,5-10H2,1-2H3,(H,25,28). The molecule has 0 aromatic heterocycles. The number of piperazine rings is 1. The molecule has 1 heterocycles. The fourth-order valence-electron chi connectivity index (χ4n) is 3.35. The van der Waals surface area contributed by atoms with Crippen molar-refractivity contribution in [3.63, 3.8) is 0 Å². The summed E-state index contributed by atoms with van der Waals surface area (Å²) >= 11 is 5.72. The average Bonchev–Trinajstić information content (AvgIpc) is 2.79. The van der Waals surface area contributed by atoms with E-state index in [1.54, 1.807) is 37.3 Å². The van der Waals surface area contributed by atoms with Gasteiger partial charge in [0, 0.05) is 55.8 Å². The second-order valence-corrected chi connectivity index (χ2v) is 7.59. The van der Waals surface area contributed by atoms with Crippen LogP contribution >= 0.6 is 11.6 Å². The highest BCUT2D eigenvalue weighted by atomic mass is 35.5. The zero-order chi connectivity index (χ0) is 22.4. The second kappa shape index (κ2) is 10.5. The third kappa shape index (κ3) is 6.08. The maximum Gasteiger partial charge on any atom is 0.254 e. The molecule has 0 saturated carbocycles. The molecule has 1 aliphatic rings. The van der Waals surface area contributed by atoms with Crippen molar-refractivity contribution in [3.8, 4) is 11.5 Å². The molecule has 166 valence electrons. The summed E-state index contributed by atoms with van der Waals surface area (Å²) in [6.07, 6.45) is 0.225. The Kier molecular flexibility index (Phi) is 7.70. The van der Waals surface area contributed by atoms with Crippen LogP contribution < -0.4 is 14.8 Å². The number of halogens is 2. The van der Waals surface area contributed by atoms with E-state index in [9.17, 15) is 14.0 Å². The third-order valence-electron chi connectivity index (χ3n) is 5.12. The average molecular weight is 450 g/mol. The van der Waals surface area contributed by atoms with E-state index in [0.29, 0.717) is 49.8 Å². The lowest BCUT2D eigenvalue weighted by Crippen LogP contribution is -2.49. The molecule has 1 saturated heterocycles. The summed E-state index contributed by atoms with van der Waals surface area (Å²) < 4.78 is 24.3. The number of anilines is 1. The highest BCUT2D eigenvalue weighted by molar-refractivity contribution is 6.30. The number of carbonyl (C=O) groups excluding carboxylic acids is 2. The van der Waals surface area contributed by atoms with E-state index in [1.807, 2.05) is 0 Å². The van der Waals surface area contributed by atoms with Crippen LogP contribution in [-0.2, 0) is 4.79 Å². The zero-order valence-electron chi connectivity index (χ0n) is 17.5. The van der Waals surface area contributed by atoms with Gasteiger partial charge in [-0.2, -0.15) is 0 Å². The summed E-state index contributed by atoms with van der Waals surface area (Å²) in [6.45, 7) is 2.92. The van der Waals surface area contributed by atoms with E-state index in [1.165, 1.54) is 12.1 Å². The highest BCUT2D eigenvalue weighted by Gasteiger charge is 2.23. The Morgan fingerprint density at radius 2 is 1.68 bits per heavy atom. The Hall–Kier alpha value is -2.84. The molecule has 3 rings (SSSR count). The van der Waals surface area contributed by atoms with Crippen LogP contribution in [0.5, 0.6) is 11.5 Å². The fraction of sp³-hybridized carbons (Fsp3) is 0.364. The van der Waals surface area contributed by atoms with Crippen LogP contribution in [0.3, 0.4) is 0 Å². The van der Waals surface area contributed by atoms with E-state index >= 15 is 0 Å². The molecule has 0 bridgehead atoms. The molecule has 1 N–H and O–H groups in total. The molecule has 7 nitrogen and oxygen atoms in total. The van der Waals surface area contributed by atoms with Gasteiger partial charge in [0.15, 0.2) is 0 Å². The fourth-order valence-corrected chi connectivity index (χ4v) is 3.51. The van der Waals surface area contributed by atoms with Crippen molar-refractivity contribution in [1.29, 1.82) is 0 Å². The number of methoxy groups -OCH3 is 2. The summed E-state index contributed by atoms with van der Waals surface area (Å²) in [5.41, 5.74) is 0.618. The van der Waals surface area contributed by atoms with Crippen molar-refractivity contribution in [3.05, 3.63) is 52.8 Å². The minimum Gasteiger partial charge on any atom is -0.497 e. The van der Waals surface area contributed by atoms with Gasteiger partial charge in [-0.15, -0.1) is 0 Å². The zero-order valence-corrected chi connectivity index (χ0v) is 18.2. The van der Waals surface area contributed by atoms with Crippen molar-refractivity contribution in [1.82, 2.24) is 9.80 Å². The summed E-state index contributed by atoms with van der Waals surface area (Å²) in [6, 6.07) is 9.22. The number of amides is 2. The number of benzene rings is 2. The topological polar surface area (TPSA) is 71.1 Å². The highest BCUT2D eigenvalue weighted by Crippen LogP contribution is 2.24. The summed E-state index contributed by atoms with van der Waals surface area (Å²) in [5, 5.41) is 2.83. The number of carbonyl (C=O) groups is 2. The molecule has 0 spiro atoms. The number of rotatable bonds is 7. The van der Waals surface area contributed by atoms with Crippen LogP contribution in [0.2, 0.25) is 5.02 Å². The number of ether oxygens (including phenoxy) is 2. The van der Waals surface area contributed by atoms with Crippen LogP contribution in [-0.4, -0.2) is 68.6 Å². The van der Waals surface area contributed by atoms with E-state index in [4.69, 9.17) is 21.1 Å². The van der Waals surface area contributed by atoms with Gasteiger partial charge in [-0.25, -0.2) is 4.39 Å². The van der Waals surface area contributed by atoms with Crippen molar-refractivity contribution < 1.29 is 23.5 Å². The lowest BCUT2D eigenvalue weighted by atomic mass is 10.1. The molecule has 0 radical (unpaired) electrons. The van der Waals surface area contributed by atoms with Crippen LogP contribution in [0.25, 0.3) is 0 Å². The monoisotopic (exact) mass is 449 g/mol. The smallest absolute Gasteiger partial charge is 0.254 e. The Labute approximate surface area is 185 Å².